The molecule has 0 saturated carbocycles. The number of amides is 1. The third kappa shape index (κ3) is 6.17. The molecule has 0 bridgehead atoms. The molecule has 0 aromatic heterocycles. The van der Waals surface area contributed by atoms with Crippen LogP contribution in [0.1, 0.15) is 60.9 Å². The van der Waals surface area contributed by atoms with Crippen LogP contribution in [0.15, 0.2) is 35.9 Å². The number of carboxylic acids is 1. The lowest BCUT2D eigenvalue weighted by atomic mass is 9.76. The van der Waals surface area contributed by atoms with Crippen molar-refractivity contribution in [2.75, 3.05) is 19.8 Å². The molecule has 6 heteroatoms. The number of alkyl halides is 1. The van der Waals surface area contributed by atoms with Gasteiger partial charge in [0.2, 0.25) is 0 Å². The Kier molecular flexibility index (Phi) is 7.64. The minimum atomic E-state index is -0.977. The van der Waals surface area contributed by atoms with E-state index in [4.69, 9.17) is 9.84 Å². The summed E-state index contributed by atoms with van der Waals surface area (Å²) in [7, 11) is 0. The Morgan fingerprint density at radius 1 is 1.20 bits per heavy atom. The summed E-state index contributed by atoms with van der Waals surface area (Å²) in [4.78, 5) is 23.6. The number of carbonyl (C=O) groups excluding carboxylic acids is 1. The van der Waals surface area contributed by atoms with Crippen LogP contribution in [0, 0.1) is 17.3 Å². The zero-order valence-corrected chi connectivity index (χ0v) is 17.1. The normalized spacial score (nSPS) is 20.4. The van der Waals surface area contributed by atoms with Crippen LogP contribution in [-0.2, 0) is 9.53 Å². The molecule has 1 unspecified atom stereocenters. The number of benzene rings is 1. The van der Waals surface area contributed by atoms with E-state index in [9.17, 15) is 14.0 Å². The first-order chi connectivity index (χ1) is 14.5. The number of rotatable bonds is 6. The predicted octanol–water partition coefficient (Wildman–Crippen LogP) is 3.88. The van der Waals surface area contributed by atoms with Crippen molar-refractivity contribution in [2.45, 2.75) is 51.1 Å². The van der Waals surface area contributed by atoms with E-state index in [-0.39, 0.29) is 17.7 Å². The van der Waals surface area contributed by atoms with Gasteiger partial charge in [-0.1, -0.05) is 17.9 Å². The summed E-state index contributed by atoms with van der Waals surface area (Å²) in [5, 5.41) is 12.0. The summed E-state index contributed by atoms with van der Waals surface area (Å²) in [5.74, 6) is 4.85. The summed E-state index contributed by atoms with van der Waals surface area (Å²) in [6, 6.07) is 6.92. The minimum Gasteiger partial charge on any atom is -0.481 e. The summed E-state index contributed by atoms with van der Waals surface area (Å²) < 4.78 is 19.2. The van der Waals surface area contributed by atoms with Crippen molar-refractivity contribution >= 4 is 11.9 Å². The maximum atomic E-state index is 13.8. The average Bonchev–Trinajstić information content (AvgIpc) is 2.77. The molecule has 0 radical (unpaired) electrons. The van der Waals surface area contributed by atoms with Crippen molar-refractivity contribution in [1.82, 2.24) is 5.32 Å². The molecule has 1 saturated heterocycles. The molecule has 2 aliphatic rings. The molecule has 1 aliphatic heterocycles. The number of carbonyl (C=O) groups is 2. The van der Waals surface area contributed by atoms with Crippen LogP contribution in [0.3, 0.4) is 0 Å². The summed E-state index contributed by atoms with van der Waals surface area (Å²) in [5.41, 5.74) is 1.55. The molecule has 0 spiro atoms. The highest BCUT2D eigenvalue weighted by Crippen LogP contribution is 2.34. The Labute approximate surface area is 176 Å². The lowest BCUT2D eigenvalue weighted by Gasteiger charge is -2.37. The number of hydrogen-bond acceptors (Lipinski definition) is 3. The van der Waals surface area contributed by atoms with Gasteiger partial charge < -0.3 is 15.2 Å². The maximum Gasteiger partial charge on any atom is 0.303 e. The number of hydrogen-bond donors (Lipinski definition) is 2. The zero-order chi connectivity index (χ0) is 21.4. The molecule has 1 amide bonds. The molecular formula is C24H28FNO4. The van der Waals surface area contributed by atoms with Gasteiger partial charge in [-0.05, 0) is 68.2 Å². The predicted molar refractivity (Wildman–Crippen MR) is 112 cm³/mol. The van der Waals surface area contributed by atoms with Crippen molar-refractivity contribution in [3.63, 3.8) is 0 Å². The molecule has 1 heterocycles. The standard InChI is InChI=1S/C24H28FNO4/c25-21-4-2-1-3-19(21)8-5-18-6-9-20(10-7-18)23(29)26-17-24(12-11-22(27)28)13-15-30-16-14-24/h3,6-7,9-10,21H,1-2,4,11-17H2,(H,26,29)(H,27,28). The Morgan fingerprint density at radius 3 is 2.60 bits per heavy atom. The third-order valence-electron chi connectivity index (χ3n) is 5.91. The molecule has 30 heavy (non-hydrogen) atoms. The van der Waals surface area contributed by atoms with Gasteiger partial charge in [0.15, 0.2) is 0 Å². The Morgan fingerprint density at radius 2 is 1.93 bits per heavy atom. The highest BCUT2D eigenvalue weighted by Gasteiger charge is 2.33. The van der Waals surface area contributed by atoms with Crippen LogP contribution in [0.4, 0.5) is 4.39 Å². The van der Waals surface area contributed by atoms with Crippen LogP contribution < -0.4 is 5.32 Å². The van der Waals surface area contributed by atoms with Crippen LogP contribution in [0.5, 0.6) is 0 Å². The highest BCUT2D eigenvalue weighted by molar-refractivity contribution is 5.94. The first-order valence-corrected chi connectivity index (χ1v) is 10.5. The lowest BCUT2D eigenvalue weighted by Crippen LogP contribution is -2.41. The monoisotopic (exact) mass is 413 g/mol. The van der Waals surface area contributed by atoms with Gasteiger partial charge in [0.1, 0.15) is 6.17 Å². The van der Waals surface area contributed by atoms with E-state index in [0.717, 1.165) is 31.2 Å². The number of halogens is 1. The van der Waals surface area contributed by atoms with E-state index in [1.165, 1.54) is 0 Å². The summed E-state index contributed by atoms with van der Waals surface area (Å²) in [6.07, 6.45) is 5.21. The second kappa shape index (κ2) is 10.4. The molecular weight excluding hydrogens is 385 g/mol. The van der Waals surface area contributed by atoms with Crippen molar-refractivity contribution in [2.24, 2.45) is 5.41 Å². The molecule has 1 atom stereocenters. The van der Waals surface area contributed by atoms with Crippen molar-refractivity contribution in [3.05, 3.63) is 47.0 Å². The molecule has 160 valence electrons. The molecule has 3 rings (SSSR count). The second-order valence-corrected chi connectivity index (χ2v) is 8.07. The highest BCUT2D eigenvalue weighted by atomic mass is 19.1. The summed E-state index contributed by atoms with van der Waals surface area (Å²) in [6.45, 7) is 1.59. The van der Waals surface area contributed by atoms with E-state index in [1.54, 1.807) is 24.3 Å². The first-order valence-electron chi connectivity index (χ1n) is 10.5. The van der Waals surface area contributed by atoms with Gasteiger partial charge in [-0.3, -0.25) is 9.59 Å². The van der Waals surface area contributed by atoms with Gasteiger partial charge in [0.05, 0.1) is 0 Å². The quantitative estimate of drug-likeness (QED) is 0.694. The van der Waals surface area contributed by atoms with Gasteiger partial charge >= 0.3 is 5.97 Å². The van der Waals surface area contributed by atoms with Crippen LogP contribution in [0.2, 0.25) is 0 Å². The molecule has 1 aliphatic carbocycles. The van der Waals surface area contributed by atoms with E-state index in [1.807, 2.05) is 6.08 Å². The third-order valence-corrected chi connectivity index (χ3v) is 5.91. The van der Waals surface area contributed by atoms with Crippen LogP contribution >= 0.6 is 0 Å². The van der Waals surface area contributed by atoms with E-state index in [0.29, 0.717) is 43.7 Å². The molecule has 5 nitrogen and oxygen atoms in total. The van der Waals surface area contributed by atoms with Crippen LogP contribution in [-0.4, -0.2) is 42.9 Å². The van der Waals surface area contributed by atoms with E-state index in [2.05, 4.69) is 17.2 Å². The molecule has 1 aromatic rings. The fourth-order valence-electron chi connectivity index (χ4n) is 3.88. The Hall–Kier alpha value is -2.65. The number of aliphatic carboxylic acids is 1. The van der Waals surface area contributed by atoms with Gasteiger partial charge in [-0.15, -0.1) is 0 Å². The lowest BCUT2D eigenvalue weighted by molar-refractivity contribution is -0.138. The number of allylic oxidation sites excluding steroid dienone is 2. The minimum absolute atomic E-state index is 0.0827. The number of ether oxygens (including phenoxy) is 1. The molecule has 2 N–H and O–H groups in total. The van der Waals surface area contributed by atoms with Gasteiger partial charge in [0.25, 0.3) is 5.91 Å². The zero-order valence-electron chi connectivity index (χ0n) is 17.1. The van der Waals surface area contributed by atoms with E-state index < -0.39 is 12.1 Å². The second-order valence-electron chi connectivity index (χ2n) is 8.07. The van der Waals surface area contributed by atoms with Gasteiger partial charge in [-0.25, -0.2) is 4.39 Å². The smallest absolute Gasteiger partial charge is 0.303 e. The summed E-state index contributed by atoms with van der Waals surface area (Å²) >= 11 is 0. The molecule has 1 aromatic carbocycles. The van der Waals surface area contributed by atoms with Gasteiger partial charge in [0, 0.05) is 42.9 Å². The van der Waals surface area contributed by atoms with Crippen molar-refractivity contribution in [3.8, 4) is 11.8 Å². The van der Waals surface area contributed by atoms with Crippen LogP contribution in [0.25, 0.3) is 0 Å². The fourth-order valence-corrected chi connectivity index (χ4v) is 3.88. The SMILES string of the molecule is O=C(O)CCC1(CNC(=O)c2ccc(C#CC3=CCCCC3F)cc2)CCOCC1. The largest absolute Gasteiger partial charge is 0.481 e. The number of nitrogens with one attached hydrogen (secondary N) is 1. The van der Waals surface area contributed by atoms with Gasteiger partial charge in [-0.2, -0.15) is 0 Å². The first kappa shape index (κ1) is 22.0. The van der Waals surface area contributed by atoms with E-state index >= 15 is 0 Å². The topological polar surface area (TPSA) is 75.6 Å². The van der Waals surface area contributed by atoms with Crippen molar-refractivity contribution < 1.29 is 23.8 Å². The molecule has 1 fully saturated rings. The average molecular weight is 413 g/mol. The van der Waals surface area contributed by atoms with Crippen molar-refractivity contribution in [1.29, 1.82) is 0 Å². The Bertz CT molecular complexity index is 844. The number of carboxylic acid groups (broad SMARTS) is 1. The Balaban J connectivity index is 1.59. The fraction of sp³-hybridized carbons (Fsp3) is 0.500. The maximum absolute atomic E-state index is 13.8.